The molecule has 0 spiro atoms. The van der Waals surface area contributed by atoms with Crippen LogP contribution in [0.2, 0.25) is 0 Å². The fourth-order valence-corrected chi connectivity index (χ4v) is 4.94. The van der Waals surface area contributed by atoms with Crippen LogP contribution in [-0.4, -0.2) is 63.8 Å². The molecule has 0 unspecified atom stereocenters. The number of hydrogen-bond acceptors (Lipinski definition) is 7. The van der Waals surface area contributed by atoms with Crippen molar-refractivity contribution in [2.75, 3.05) is 43.5 Å². The van der Waals surface area contributed by atoms with E-state index in [1.165, 1.54) is 18.5 Å². The predicted molar refractivity (Wildman–Crippen MR) is 141 cm³/mol. The molecule has 8 heteroatoms. The van der Waals surface area contributed by atoms with E-state index in [4.69, 9.17) is 9.84 Å². The molecule has 35 heavy (non-hydrogen) atoms. The Balaban J connectivity index is 1.27. The van der Waals surface area contributed by atoms with E-state index in [0.717, 1.165) is 48.6 Å². The first kappa shape index (κ1) is 23.1. The number of pyridine rings is 1. The minimum absolute atomic E-state index is 0.546. The number of ether oxygens (including phenoxy) is 1. The molecule has 4 heterocycles. The smallest absolute Gasteiger partial charge is 0.245 e. The van der Waals surface area contributed by atoms with Gasteiger partial charge in [-0.3, -0.25) is 0 Å². The van der Waals surface area contributed by atoms with Gasteiger partial charge in [-0.25, -0.2) is 14.5 Å². The van der Waals surface area contributed by atoms with Crippen LogP contribution in [0.25, 0.3) is 16.8 Å². The number of fused-ring (bicyclic) bond motifs is 1. The number of nitrogens with zero attached hydrogens (tertiary/aromatic N) is 6. The normalized spacial score (nSPS) is 14.6. The van der Waals surface area contributed by atoms with Gasteiger partial charge in [-0.15, -0.1) is 5.10 Å². The molecule has 1 saturated heterocycles. The highest BCUT2D eigenvalue weighted by atomic mass is 16.5. The van der Waals surface area contributed by atoms with Crippen molar-refractivity contribution in [2.24, 2.45) is 0 Å². The molecule has 1 N–H and O–H groups in total. The molecule has 0 radical (unpaired) electrons. The minimum Gasteiger partial charge on any atom is -0.481 e. The highest BCUT2D eigenvalue weighted by molar-refractivity contribution is 5.67. The Kier molecular flexibility index (Phi) is 6.81. The van der Waals surface area contributed by atoms with E-state index in [-0.39, 0.29) is 0 Å². The van der Waals surface area contributed by atoms with Crippen molar-refractivity contribution >= 4 is 22.8 Å². The Labute approximate surface area is 206 Å². The molecule has 1 fully saturated rings. The van der Waals surface area contributed by atoms with Gasteiger partial charge in [0, 0.05) is 48.3 Å². The highest BCUT2D eigenvalue weighted by Crippen LogP contribution is 2.26. The molecule has 1 aromatic carbocycles. The first-order valence-electron chi connectivity index (χ1n) is 12.4. The van der Waals surface area contributed by atoms with E-state index < -0.39 is 0 Å². The lowest BCUT2D eigenvalue weighted by Gasteiger charge is -2.38. The van der Waals surface area contributed by atoms with Crippen LogP contribution in [-0.2, 0) is 0 Å². The summed E-state index contributed by atoms with van der Waals surface area (Å²) in [6.45, 7) is 9.00. The van der Waals surface area contributed by atoms with Crippen LogP contribution in [0.15, 0.2) is 60.9 Å². The molecule has 1 aliphatic heterocycles. The quantitative estimate of drug-likeness (QED) is 0.394. The lowest BCUT2D eigenvalue weighted by atomic mass is 10.0. The zero-order valence-electron chi connectivity index (χ0n) is 20.7. The third-order valence-electron chi connectivity index (χ3n) is 6.92. The van der Waals surface area contributed by atoms with Gasteiger partial charge in [0.25, 0.3) is 0 Å². The van der Waals surface area contributed by atoms with Gasteiger partial charge < -0.3 is 19.9 Å². The molecule has 8 nitrogen and oxygen atoms in total. The number of aromatic nitrogens is 4. The topological polar surface area (TPSA) is 70.8 Å². The van der Waals surface area contributed by atoms with Crippen molar-refractivity contribution in [3.05, 3.63) is 60.9 Å². The summed E-state index contributed by atoms with van der Waals surface area (Å²) >= 11 is 0. The van der Waals surface area contributed by atoms with Gasteiger partial charge in [-0.1, -0.05) is 13.8 Å². The summed E-state index contributed by atoms with van der Waals surface area (Å²) in [7, 11) is 1.61. The summed E-state index contributed by atoms with van der Waals surface area (Å²) in [5, 5.41) is 8.07. The van der Waals surface area contributed by atoms with Gasteiger partial charge in [0.15, 0.2) is 0 Å². The molecule has 1 aliphatic rings. The van der Waals surface area contributed by atoms with Crippen molar-refractivity contribution in [1.82, 2.24) is 24.5 Å². The maximum Gasteiger partial charge on any atom is 0.245 e. The molecule has 0 aliphatic carbocycles. The van der Waals surface area contributed by atoms with E-state index in [1.807, 2.05) is 35.0 Å². The van der Waals surface area contributed by atoms with Crippen LogP contribution >= 0.6 is 0 Å². The second-order valence-corrected chi connectivity index (χ2v) is 8.84. The second kappa shape index (κ2) is 10.3. The van der Waals surface area contributed by atoms with Crippen LogP contribution < -0.4 is 15.0 Å². The molecule has 3 aromatic heterocycles. The third kappa shape index (κ3) is 4.93. The number of piperidine rings is 1. The molecular formula is C27H33N7O. The van der Waals surface area contributed by atoms with Gasteiger partial charge in [-0.2, -0.15) is 0 Å². The Bertz CT molecular complexity index is 1240. The summed E-state index contributed by atoms with van der Waals surface area (Å²) < 4.78 is 7.05. The Hall–Kier alpha value is -3.65. The molecule has 0 bridgehead atoms. The molecule has 0 saturated carbocycles. The van der Waals surface area contributed by atoms with Crippen molar-refractivity contribution in [3.8, 4) is 17.1 Å². The summed E-state index contributed by atoms with van der Waals surface area (Å²) in [6.07, 6.45) is 6.06. The van der Waals surface area contributed by atoms with E-state index in [2.05, 4.69) is 63.2 Å². The maximum absolute atomic E-state index is 5.17. The van der Waals surface area contributed by atoms with E-state index in [0.29, 0.717) is 17.9 Å². The molecule has 0 amide bonds. The molecule has 5 rings (SSSR count). The standard InChI is InChI=1S/C27H33N7O/c1-4-32(5-2)23-14-16-33(17-15-23)22-9-7-21(8-10-22)30-27-29-19-24-11-12-25(34(24)31-27)20-6-13-26(35-3)28-18-20/h6-13,18-19,23H,4-5,14-17H2,1-3H3,(H,30,31). The fraction of sp³-hybridized carbons (Fsp3) is 0.370. The summed E-state index contributed by atoms with van der Waals surface area (Å²) in [5.41, 5.74) is 5.06. The van der Waals surface area contributed by atoms with Gasteiger partial charge in [0.05, 0.1) is 24.5 Å². The zero-order chi connectivity index (χ0) is 24.2. The SMILES string of the molecule is CCN(CC)C1CCN(c2ccc(Nc3ncc4ccc(-c5ccc(OC)nc5)n4n3)cc2)CC1. The summed E-state index contributed by atoms with van der Waals surface area (Å²) in [4.78, 5) is 13.9. The molecular weight excluding hydrogens is 438 g/mol. The lowest BCUT2D eigenvalue weighted by molar-refractivity contribution is 0.186. The average molecular weight is 472 g/mol. The minimum atomic E-state index is 0.546. The van der Waals surface area contributed by atoms with E-state index in [1.54, 1.807) is 13.3 Å². The third-order valence-corrected chi connectivity index (χ3v) is 6.92. The van der Waals surface area contributed by atoms with Crippen LogP contribution in [0.5, 0.6) is 5.88 Å². The van der Waals surface area contributed by atoms with Gasteiger partial charge in [0.2, 0.25) is 11.8 Å². The molecule has 182 valence electrons. The Morgan fingerprint density at radius 1 is 0.943 bits per heavy atom. The number of benzene rings is 1. The van der Waals surface area contributed by atoms with Crippen molar-refractivity contribution < 1.29 is 4.74 Å². The average Bonchev–Trinajstić information content (AvgIpc) is 3.34. The lowest BCUT2D eigenvalue weighted by Crippen LogP contribution is -2.44. The van der Waals surface area contributed by atoms with Crippen LogP contribution in [0.1, 0.15) is 26.7 Å². The Morgan fingerprint density at radius 3 is 2.37 bits per heavy atom. The number of anilines is 3. The van der Waals surface area contributed by atoms with Gasteiger partial charge in [-0.05, 0) is 68.4 Å². The Morgan fingerprint density at radius 2 is 1.71 bits per heavy atom. The van der Waals surface area contributed by atoms with Crippen LogP contribution in [0.3, 0.4) is 0 Å². The maximum atomic E-state index is 5.17. The van der Waals surface area contributed by atoms with Crippen LogP contribution in [0, 0.1) is 0 Å². The predicted octanol–water partition coefficient (Wildman–Crippen LogP) is 4.85. The fourth-order valence-electron chi connectivity index (χ4n) is 4.94. The first-order chi connectivity index (χ1) is 17.2. The monoisotopic (exact) mass is 471 g/mol. The highest BCUT2D eigenvalue weighted by Gasteiger charge is 2.23. The van der Waals surface area contributed by atoms with E-state index in [9.17, 15) is 0 Å². The van der Waals surface area contributed by atoms with E-state index >= 15 is 0 Å². The van der Waals surface area contributed by atoms with Gasteiger partial charge >= 0.3 is 0 Å². The molecule has 0 atom stereocenters. The number of hydrogen-bond donors (Lipinski definition) is 1. The summed E-state index contributed by atoms with van der Waals surface area (Å²) in [6, 6.07) is 17.1. The van der Waals surface area contributed by atoms with Crippen molar-refractivity contribution in [2.45, 2.75) is 32.7 Å². The number of methoxy groups -OCH3 is 1. The van der Waals surface area contributed by atoms with Crippen molar-refractivity contribution in [3.63, 3.8) is 0 Å². The number of nitrogens with one attached hydrogen (secondary N) is 1. The largest absolute Gasteiger partial charge is 0.481 e. The first-order valence-corrected chi connectivity index (χ1v) is 12.4. The van der Waals surface area contributed by atoms with Crippen molar-refractivity contribution in [1.29, 1.82) is 0 Å². The second-order valence-electron chi connectivity index (χ2n) is 8.84. The van der Waals surface area contributed by atoms with Crippen LogP contribution in [0.4, 0.5) is 17.3 Å². The molecule has 4 aromatic rings. The zero-order valence-corrected chi connectivity index (χ0v) is 20.7. The number of rotatable bonds is 8. The van der Waals surface area contributed by atoms with Gasteiger partial charge in [0.1, 0.15) is 0 Å². The summed E-state index contributed by atoms with van der Waals surface area (Å²) in [5.74, 6) is 1.13.